The van der Waals surface area contributed by atoms with Gasteiger partial charge in [0.1, 0.15) is 88.6 Å². The van der Waals surface area contributed by atoms with E-state index in [1.807, 2.05) is 19.0 Å². The first kappa shape index (κ1) is 67.8. The summed E-state index contributed by atoms with van der Waals surface area (Å²) in [5.74, 6) is -13.3. The Hall–Kier alpha value is -10.6. The third-order valence-electron chi connectivity index (χ3n) is 16.3. The zero-order chi connectivity index (χ0) is 69.1. The molecule has 17 bridgehead atoms. The van der Waals surface area contributed by atoms with Gasteiger partial charge in [-0.05, 0) is 145 Å². The number of methoxy groups -OCH3 is 1. The Morgan fingerprint density at radius 3 is 1.89 bits per heavy atom. The van der Waals surface area contributed by atoms with Gasteiger partial charge in [0.15, 0.2) is 23.0 Å². The molecule has 0 spiro atoms. The van der Waals surface area contributed by atoms with Crippen molar-refractivity contribution in [2.75, 3.05) is 54.2 Å². The zero-order valence-corrected chi connectivity index (χ0v) is 53.3. The Bertz CT molecular complexity index is 4290. The number of phenolic OH excluding ortho intramolecular Hbond substituents is 6. The van der Waals surface area contributed by atoms with Gasteiger partial charge in [-0.25, -0.2) is 0 Å². The minimum absolute atomic E-state index is 0.0509. The topological polar surface area (TPSA) is 407 Å². The molecule has 6 heterocycles. The summed E-state index contributed by atoms with van der Waals surface area (Å²) < 4.78 is 29.5. The maximum absolute atomic E-state index is 16.0. The Morgan fingerprint density at radius 1 is 0.577 bits per heavy atom. The quantitative estimate of drug-likeness (QED) is 0.0583. The molecule has 30 heteroatoms. The lowest BCUT2D eigenvalue weighted by Gasteiger charge is -2.31. The summed E-state index contributed by atoms with van der Waals surface area (Å²) in [6, 6.07) is 9.77. The van der Waals surface area contributed by atoms with Crippen LogP contribution < -0.4 is 56.7 Å². The minimum Gasteiger partial charge on any atom is -0.508 e. The standard InChI is InChI=1S/C67H65Cl2N9O19/c1-78(2)14-4-13-70-62(87)57-40-27-37(80)28-46(83)52(40)39-21-31(6-9-44(39)81)54-64(89)77-58(67(92)76-57)59(84)33-8-12-48(42(69)22-33)97-51-25-35-24-50(60(51)85)96-47-11-5-30(17-41(47)68)18-43-61(86)73-55(65(90)75-56(35)66(91)74-54)34-19-36(79)26-38(20-34)95-49-23-32(7-10-45(49)82)53(63(88)72-43)71-29-94-16-15-93-3/h5-12,17,19-28,43,53-59,71,79-85H,4,13-16,18,29H2,1-3H3,(H,70,87)(H,72,88)(H,73,86)(H,74,91)(H,75,90)(H,76,92)(H,77,89)/t43-,53+,54-,55+,56-,57+,58+,59-/m1/s1. The van der Waals surface area contributed by atoms with Gasteiger partial charge in [0, 0.05) is 43.3 Å². The second-order valence-electron chi connectivity index (χ2n) is 23.4. The van der Waals surface area contributed by atoms with Gasteiger partial charge in [0.05, 0.1) is 30.0 Å². The largest absolute Gasteiger partial charge is 0.508 e. The van der Waals surface area contributed by atoms with Crippen LogP contribution in [0.15, 0.2) is 115 Å². The number of nitrogens with one attached hydrogen (secondary N) is 8. The van der Waals surface area contributed by atoms with Crippen LogP contribution in [0, 0.1) is 0 Å². The fourth-order valence-electron chi connectivity index (χ4n) is 11.5. The van der Waals surface area contributed by atoms with Crippen LogP contribution in [0.4, 0.5) is 0 Å². The first-order chi connectivity index (χ1) is 46.4. The number of halogens is 2. The number of amides is 7. The van der Waals surface area contributed by atoms with E-state index < -0.39 is 136 Å². The third kappa shape index (κ3) is 14.9. The number of ether oxygens (including phenoxy) is 5. The van der Waals surface area contributed by atoms with Gasteiger partial charge in [0.2, 0.25) is 47.1 Å². The molecule has 0 unspecified atom stereocenters. The maximum Gasteiger partial charge on any atom is 0.248 e. The summed E-state index contributed by atoms with van der Waals surface area (Å²) in [6.07, 6.45) is -2.01. The molecule has 0 saturated carbocycles. The van der Waals surface area contributed by atoms with Crippen LogP contribution in [0.3, 0.4) is 0 Å². The number of aromatic hydroxyl groups is 6. The van der Waals surface area contributed by atoms with E-state index in [1.165, 1.54) is 73.8 Å². The van der Waals surface area contributed by atoms with Crippen LogP contribution >= 0.6 is 23.2 Å². The lowest BCUT2D eigenvalue weighted by Crippen LogP contribution is -2.56. The average Bonchev–Trinajstić information content (AvgIpc) is 0.793. The normalized spacial score (nSPS) is 20.8. The number of rotatable bonds is 11. The molecule has 0 aliphatic carbocycles. The Labute approximate surface area is 562 Å². The molecule has 6 aliphatic rings. The Balaban J connectivity index is 1.10. The second-order valence-corrected chi connectivity index (χ2v) is 24.2. The molecule has 0 fully saturated rings. The smallest absolute Gasteiger partial charge is 0.248 e. The van der Waals surface area contributed by atoms with Crippen LogP contribution in [0.2, 0.25) is 10.0 Å². The van der Waals surface area contributed by atoms with E-state index in [4.69, 9.17) is 46.9 Å². The van der Waals surface area contributed by atoms with Crippen LogP contribution in [0.25, 0.3) is 11.1 Å². The highest BCUT2D eigenvalue weighted by Gasteiger charge is 2.41. The number of carbonyl (C=O) groups is 7. The fourth-order valence-corrected chi connectivity index (χ4v) is 12.0. The molecule has 97 heavy (non-hydrogen) atoms. The zero-order valence-electron chi connectivity index (χ0n) is 51.8. The van der Waals surface area contributed by atoms with Crippen LogP contribution in [-0.2, 0) is 49.5 Å². The van der Waals surface area contributed by atoms with Gasteiger partial charge in [0.25, 0.3) is 0 Å². The molecule has 506 valence electrons. The molecule has 8 atom stereocenters. The number of carbonyl (C=O) groups excluding carboxylic acids is 7. The number of aliphatic hydroxyl groups is 1. The van der Waals surface area contributed by atoms with Crippen LogP contribution in [0.5, 0.6) is 69.0 Å². The summed E-state index contributed by atoms with van der Waals surface area (Å²) >= 11 is 13.9. The third-order valence-corrected chi connectivity index (χ3v) is 16.9. The van der Waals surface area contributed by atoms with Crippen molar-refractivity contribution in [3.8, 4) is 80.1 Å². The van der Waals surface area contributed by atoms with Crippen molar-refractivity contribution in [3.63, 3.8) is 0 Å². The predicted molar refractivity (Wildman–Crippen MR) is 345 cm³/mol. The molecule has 7 amide bonds. The van der Waals surface area contributed by atoms with E-state index in [0.29, 0.717) is 18.5 Å². The summed E-state index contributed by atoms with van der Waals surface area (Å²) in [6.45, 7) is 0.647. The van der Waals surface area contributed by atoms with Crippen molar-refractivity contribution in [1.82, 2.24) is 47.4 Å². The number of hydrogen-bond acceptors (Lipinski definition) is 21. The van der Waals surface area contributed by atoms with Crippen molar-refractivity contribution >= 4 is 64.6 Å². The lowest BCUT2D eigenvalue weighted by molar-refractivity contribution is -0.137. The second kappa shape index (κ2) is 28.8. The SMILES string of the molecule is COCCOCN[C@@H]1C(=O)N[C@@H]2Cc3ccc(c(Cl)c3)Oc3cc4cc(c3O)Oc3ccc(cc3Cl)[C@@H](O)[C@@H]3NC(=O)[C@H](NC(=O)[C@@H]4NC(=O)[C@@H](NC2=O)c2cc(O)cc(c2)Oc2cc1ccc2O)c1ccc(O)c(c1)-c1c(O)cc(O)cc1[C@@H](C(=O)NCCCN(C)C)NC3=O. The Kier molecular flexibility index (Phi) is 20.1. The maximum atomic E-state index is 16.0. The molecule has 0 radical (unpaired) electrons. The molecule has 15 N–H and O–H groups in total. The number of aliphatic hydroxyl groups excluding tert-OH is 1. The lowest BCUT2D eigenvalue weighted by atomic mass is 9.89. The Morgan fingerprint density at radius 2 is 1.20 bits per heavy atom. The number of hydrogen-bond donors (Lipinski definition) is 15. The van der Waals surface area contributed by atoms with Crippen molar-refractivity contribution in [1.29, 1.82) is 0 Å². The van der Waals surface area contributed by atoms with E-state index in [2.05, 4.69) is 42.5 Å². The molecule has 28 nitrogen and oxygen atoms in total. The van der Waals surface area contributed by atoms with Crippen molar-refractivity contribution < 1.29 is 93.0 Å². The predicted octanol–water partition coefficient (Wildman–Crippen LogP) is 5.22. The highest BCUT2D eigenvalue weighted by atomic mass is 35.5. The summed E-state index contributed by atoms with van der Waals surface area (Å²) in [5.41, 5.74) is -1.35. The fraction of sp³-hybridized carbons (Fsp3) is 0.269. The first-order valence-corrected chi connectivity index (χ1v) is 30.9. The number of benzene rings is 7. The van der Waals surface area contributed by atoms with Crippen LogP contribution in [0.1, 0.15) is 81.7 Å². The van der Waals surface area contributed by atoms with E-state index in [-0.39, 0.29) is 110 Å². The molecule has 7 aromatic rings. The number of phenols is 6. The van der Waals surface area contributed by atoms with Gasteiger partial charge in [-0.15, -0.1) is 0 Å². The first-order valence-electron chi connectivity index (χ1n) is 30.2. The highest BCUT2D eigenvalue weighted by Crippen LogP contribution is 2.48. The van der Waals surface area contributed by atoms with Gasteiger partial charge in [-0.1, -0.05) is 47.5 Å². The molecule has 0 saturated heterocycles. The minimum atomic E-state index is -2.17. The highest BCUT2D eigenvalue weighted by molar-refractivity contribution is 6.32. The molecule has 0 aromatic heterocycles. The van der Waals surface area contributed by atoms with Crippen LogP contribution in [-0.4, -0.2) is 148 Å². The number of fused-ring (bicyclic) bond motifs is 14. The van der Waals surface area contributed by atoms with E-state index >= 15 is 24.0 Å². The van der Waals surface area contributed by atoms with Gasteiger partial charge >= 0.3 is 0 Å². The molecule has 13 rings (SSSR count). The monoisotopic (exact) mass is 1370 g/mol. The van der Waals surface area contributed by atoms with Gasteiger partial charge in [-0.3, -0.25) is 38.9 Å². The van der Waals surface area contributed by atoms with E-state index in [9.17, 15) is 45.3 Å². The molecule has 7 aromatic carbocycles. The van der Waals surface area contributed by atoms with Gasteiger partial charge in [-0.2, -0.15) is 0 Å². The number of nitrogens with zero attached hydrogens (tertiary/aromatic N) is 1. The molecular weight excluding hydrogens is 1310 g/mol. The van der Waals surface area contributed by atoms with E-state index in [0.717, 1.165) is 48.5 Å². The molecular formula is C67H65Cl2N9O19. The van der Waals surface area contributed by atoms with Crippen molar-refractivity contribution in [3.05, 3.63) is 164 Å². The van der Waals surface area contributed by atoms with Crippen molar-refractivity contribution in [2.45, 2.75) is 61.2 Å². The van der Waals surface area contributed by atoms with E-state index in [1.54, 1.807) is 0 Å². The summed E-state index contributed by atoms with van der Waals surface area (Å²) in [7, 11) is 5.10. The summed E-state index contributed by atoms with van der Waals surface area (Å²) in [4.78, 5) is 109. The average molecular weight is 1370 g/mol. The molecule has 6 aliphatic heterocycles. The van der Waals surface area contributed by atoms with Crippen molar-refractivity contribution in [2.24, 2.45) is 0 Å². The van der Waals surface area contributed by atoms with Gasteiger partial charge < -0.3 is 102 Å². The summed E-state index contributed by atoms with van der Waals surface area (Å²) in [5, 5.41) is 103.